The largest absolute Gasteiger partial charge is 0.491 e. The van der Waals surface area contributed by atoms with Gasteiger partial charge in [-0.2, -0.15) is 0 Å². The van der Waals surface area contributed by atoms with Crippen LogP contribution in [0.5, 0.6) is 5.75 Å². The first-order valence-electron chi connectivity index (χ1n) is 13.4. The number of nitrogens with one attached hydrogen (secondary N) is 2. The number of anilines is 1. The number of nitrogens with zero attached hydrogens (tertiary/aromatic N) is 1. The molecule has 2 aromatic heterocycles. The van der Waals surface area contributed by atoms with Crippen LogP contribution in [0.3, 0.4) is 0 Å². The number of carbonyl (C=O) groups is 2. The number of ether oxygens (including phenoxy) is 2. The number of pyridine rings is 1. The number of rotatable bonds is 6. The quantitative estimate of drug-likeness (QED) is 0.147. The predicted molar refractivity (Wildman–Crippen MR) is 164 cm³/mol. The average Bonchev–Trinajstić information content (AvgIpc) is 3.11. The maximum Gasteiger partial charge on any atom is 0.341 e. The van der Waals surface area contributed by atoms with Crippen molar-refractivity contribution >= 4 is 56.4 Å². The number of fused-ring (bicyclic) bond motifs is 2. The summed E-state index contributed by atoms with van der Waals surface area (Å²) in [5, 5.41) is 7.35. The van der Waals surface area contributed by atoms with Crippen molar-refractivity contribution in [2.24, 2.45) is 0 Å². The molecular formula is C31H31N3O4S2. The molecule has 0 fully saturated rings. The van der Waals surface area contributed by atoms with Crippen LogP contribution in [-0.4, -0.2) is 35.2 Å². The van der Waals surface area contributed by atoms with Crippen molar-refractivity contribution in [1.82, 2.24) is 10.3 Å². The van der Waals surface area contributed by atoms with Gasteiger partial charge in [-0.3, -0.25) is 10.1 Å². The first-order chi connectivity index (χ1) is 19.3. The number of amides is 1. The van der Waals surface area contributed by atoms with Gasteiger partial charge in [0.05, 0.1) is 35.6 Å². The summed E-state index contributed by atoms with van der Waals surface area (Å²) in [6, 6.07) is 16.9. The van der Waals surface area contributed by atoms with E-state index in [0.717, 1.165) is 49.0 Å². The number of thiocarbonyl (C=S) groups is 1. The number of aryl methyl sites for hydroxylation is 1. The number of carbonyl (C=O) groups excluding carboxylic acids is 2. The highest BCUT2D eigenvalue weighted by molar-refractivity contribution is 7.80. The number of benzene rings is 2. The van der Waals surface area contributed by atoms with Gasteiger partial charge in [-0.25, -0.2) is 9.78 Å². The molecule has 0 atom stereocenters. The Kier molecular flexibility index (Phi) is 8.42. The minimum Gasteiger partial charge on any atom is -0.491 e. The molecule has 1 aliphatic rings. The number of aromatic nitrogens is 1. The second-order valence-corrected chi connectivity index (χ2v) is 11.4. The summed E-state index contributed by atoms with van der Waals surface area (Å²) in [5.41, 5.74) is 4.15. The highest BCUT2D eigenvalue weighted by Crippen LogP contribution is 2.38. The van der Waals surface area contributed by atoms with Crippen molar-refractivity contribution in [3.05, 3.63) is 76.2 Å². The molecule has 9 heteroatoms. The molecule has 5 rings (SSSR count). The van der Waals surface area contributed by atoms with Gasteiger partial charge < -0.3 is 14.8 Å². The van der Waals surface area contributed by atoms with Crippen molar-refractivity contribution in [3.8, 4) is 17.0 Å². The molecule has 1 aliphatic carbocycles. The number of methoxy groups -OCH3 is 1. The molecule has 0 bridgehead atoms. The fraction of sp³-hybridized carbons (Fsp3) is 0.290. The van der Waals surface area contributed by atoms with E-state index in [0.29, 0.717) is 32.7 Å². The second-order valence-electron chi connectivity index (χ2n) is 9.94. The van der Waals surface area contributed by atoms with E-state index in [-0.39, 0.29) is 17.1 Å². The SMILES string of the molecule is COC(=O)c1c(NC(=S)NC(=O)c2cc(-c3cccc(OC(C)C)c3)nc3ccccc23)sc2c1CCCCC2. The summed E-state index contributed by atoms with van der Waals surface area (Å²) < 4.78 is 10.9. The first-order valence-corrected chi connectivity index (χ1v) is 14.6. The van der Waals surface area contributed by atoms with E-state index in [1.807, 2.05) is 62.4 Å². The summed E-state index contributed by atoms with van der Waals surface area (Å²) in [4.78, 5) is 32.3. The number of hydrogen-bond acceptors (Lipinski definition) is 7. The van der Waals surface area contributed by atoms with Crippen molar-refractivity contribution in [1.29, 1.82) is 0 Å². The highest BCUT2D eigenvalue weighted by atomic mass is 32.1. The van der Waals surface area contributed by atoms with Crippen LogP contribution in [0.15, 0.2) is 54.6 Å². The minimum atomic E-state index is -0.399. The predicted octanol–water partition coefficient (Wildman–Crippen LogP) is 6.93. The van der Waals surface area contributed by atoms with Gasteiger partial charge in [-0.1, -0.05) is 36.8 Å². The molecule has 1 amide bonds. The van der Waals surface area contributed by atoms with Crippen LogP contribution in [0.4, 0.5) is 5.00 Å². The van der Waals surface area contributed by atoms with Crippen molar-refractivity contribution in [2.45, 2.75) is 52.1 Å². The monoisotopic (exact) mass is 573 g/mol. The van der Waals surface area contributed by atoms with Crippen LogP contribution in [-0.2, 0) is 17.6 Å². The second kappa shape index (κ2) is 12.1. The smallest absolute Gasteiger partial charge is 0.341 e. The first kappa shape index (κ1) is 27.7. The van der Waals surface area contributed by atoms with Crippen LogP contribution >= 0.6 is 23.6 Å². The lowest BCUT2D eigenvalue weighted by molar-refractivity contribution is 0.0601. The zero-order chi connectivity index (χ0) is 28.2. The van der Waals surface area contributed by atoms with Gasteiger partial charge in [-0.15, -0.1) is 11.3 Å². The zero-order valence-electron chi connectivity index (χ0n) is 22.7. The molecule has 2 N–H and O–H groups in total. The molecule has 0 saturated carbocycles. The van der Waals surface area contributed by atoms with Gasteiger partial charge in [-0.05, 0) is 81.6 Å². The minimum absolute atomic E-state index is 0.0349. The lowest BCUT2D eigenvalue weighted by Gasteiger charge is -2.14. The molecule has 0 unspecified atom stereocenters. The third-order valence-electron chi connectivity index (χ3n) is 6.73. The fourth-order valence-corrected chi connectivity index (χ4v) is 6.51. The summed E-state index contributed by atoms with van der Waals surface area (Å²) in [6.07, 6.45) is 5.02. The third kappa shape index (κ3) is 6.00. The van der Waals surface area contributed by atoms with E-state index in [2.05, 4.69) is 10.6 Å². The Bertz CT molecular complexity index is 1600. The molecule has 0 spiro atoms. The van der Waals surface area contributed by atoms with E-state index in [9.17, 15) is 9.59 Å². The standard InChI is InChI=1S/C31H31N3O4S2/c1-18(2)38-20-11-9-10-19(16-20)25-17-23(21-12-7-8-14-24(21)32-25)28(35)33-31(39)34-29-27(30(36)37-3)22-13-5-4-6-15-26(22)40-29/h7-12,14,16-18H,4-6,13,15H2,1-3H3,(H2,33,34,35,39). The van der Waals surface area contributed by atoms with Crippen molar-refractivity contribution in [2.75, 3.05) is 12.4 Å². The highest BCUT2D eigenvalue weighted by Gasteiger charge is 2.26. The van der Waals surface area contributed by atoms with Gasteiger partial charge in [0, 0.05) is 15.8 Å². The summed E-state index contributed by atoms with van der Waals surface area (Å²) >= 11 is 7.05. The summed E-state index contributed by atoms with van der Waals surface area (Å²) in [7, 11) is 1.38. The van der Waals surface area contributed by atoms with E-state index < -0.39 is 5.97 Å². The average molecular weight is 574 g/mol. The van der Waals surface area contributed by atoms with Crippen molar-refractivity contribution in [3.63, 3.8) is 0 Å². The molecule has 40 heavy (non-hydrogen) atoms. The Morgan fingerprint density at radius 2 is 1.82 bits per heavy atom. The lowest BCUT2D eigenvalue weighted by Crippen LogP contribution is -2.34. The van der Waals surface area contributed by atoms with Crippen LogP contribution in [0.25, 0.3) is 22.2 Å². The van der Waals surface area contributed by atoms with E-state index in [1.54, 1.807) is 6.07 Å². The molecule has 7 nitrogen and oxygen atoms in total. The van der Waals surface area contributed by atoms with E-state index >= 15 is 0 Å². The fourth-order valence-electron chi connectivity index (χ4n) is 4.97. The Morgan fingerprint density at radius 3 is 2.62 bits per heavy atom. The zero-order valence-corrected chi connectivity index (χ0v) is 24.3. The summed E-state index contributed by atoms with van der Waals surface area (Å²) in [5.74, 6) is -0.0382. The van der Waals surface area contributed by atoms with Crippen LogP contribution in [0.1, 0.15) is 64.3 Å². The molecule has 4 aromatic rings. The number of esters is 1. The lowest BCUT2D eigenvalue weighted by atomic mass is 10.0. The van der Waals surface area contributed by atoms with Gasteiger partial charge in [0.2, 0.25) is 0 Å². The van der Waals surface area contributed by atoms with Crippen molar-refractivity contribution < 1.29 is 19.1 Å². The third-order valence-corrected chi connectivity index (χ3v) is 8.14. The summed E-state index contributed by atoms with van der Waals surface area (Å²) in [6.45, 7) is 3.95. The Labute approximate surface area is 242 Å². The van der Waals surface area contributed by atoms with Gasteiger partial charge in [0.15, 0.2) is 5.11 Å². The molecule has 2 aromatic carbocycles. The molecule has 0 aliphatic heterocycles. The molecular weight excluding hydrogens is 542 g/mol. The van der Waals surface area contributed by atoms with Crippen LogP contribution in [0.2, 0.25) is 0 Å². The van der Waals surface area contributed by atoms with E-state index in [1.165, 1.54) is 23.3 Å². The molecule has 0 radical (unpaired) electrons. The number of thiophene rings is 1. The number of para-hydroxylation sites is 1. The topological polar surface area (TPSA) is 89.6 Å². The van der Waals surface area contributed by atoms with Crippen LogP contribution in [0, 0.1) is 0 Å². The van der Waals surface area contributed by atoms with Gasteiger partial charge in [0.1, 0.15) is 10.8 Å². The Hall–Kier alpha value is -3.82. The Morgan fingerprint density at radius 1 is 1.02 bits per heavy atom. The normalized spacial score (nSPS) is 12.9. The Balaban J connectivity index is 1.43. The van der Waals surface area contributed by atoms with Gasteiger partial charge >= 0.3 is 5.97 Å². The van der Waals surface area contributed by atoms with Crippen LogP contribution < -0.4 is 15.4 Å². The van der Waals surface area contributed by atoms with E-state index in [4.69, 9.17) is 26.7 Å². The molecule has 206 valence electrons. The molecule has 0 saturated heterocycles. The molecule has 2 heterocycles. The number of hydrogen-bond donors (Lipinski definition) is 2. The maximum atomic E-state index is 13.6. The van der Waals surface area contributed by atoms with Gasteiger partial charge in [0.25, 0.3) is 5.91 Å². The maximum absolute atomic E-state index is 13.6.